The number of aromatic hydroxyl groups is 2. The third-order valence-corrected chi connectivity index (χ3v) is 9.29. The Morgan fingerprint density at radius 2 is 1.80 bits per heavy atom. The Hall–Kier alpha value is -5.20. The lowest BCUT2D eigenvalue weighted by Crippen LogP contribution is -2.60. The number of halogens is 2. The molecule has 262 valence electrons. The van der Waals surface area contributed by atoms with E-state index in [1.165, 1.54) is 24.3 Å². The van der Waals surface area contributed by atoms with E-state index in [2.05, 4.69) is 10.6 Å². The third-order valence-electron chi connectivity index (χ3n) is 7.91. The first kappa shape index (κ1) is 36.1. The van der Waals surface area contributed by atoms with E-state index < -0.39 is 90.4 Å². The highest BCUT2D eigenvalue weighted by atomic mass is 35.5. The predicted octanol–water partition coefficient (Wildman–Crippen LogP) is 0.153. The van der Waals surface area contributed by atoms with Gasteiger partial charge in [-0.2, -0.15) is 0 Å². The van der Waals surface area contributed by atoms with E-state index in [1.807, 2.05) is 0 Å². The van der Waals surface area contributed by atoms with Crippen molar-refractivity contribution in [1.29, 1.82) is 0 Å². The molecule has 0 spiro atoms. The summed E-state index contributed by atoms with van der Waals surface area (Å²) in [7, 11) is -6.79. The molecule has 2 unspecified atom stereocenters. The number of carbonyl (C=O) groups is 5. The molecular formula is C29H26BClFN4O13P. The molecule has 21 heteroatoms. The molecule has 3 aromatic carbocycles. The summed E-state index contributed by atoms with van der Waals surface area (Å²) in [5.74, 6) is -9.27. The molecule has 2 atom stereocenters. The fourth-order valence-electron chi connectivity index (χ4n) is 5.36. The first-order chi connectivity index (χ1) is 23.5. The fraction of sp³-hybridized carbons (Fsp3) is 0.207. The average Bonchev–Trinajstić information content (AvgIpc) is 3.05. The second-order valence-electron chi connectivity index (χ2n) is 11.2. The minimum absolute atomic E-state index is 0.106. The molecular weight excluding hydrogens is 709 g/mol. The molecule has 0 bridgehead atoms. The van der Waals surface area contributed by atoms with Crippen LogP contribution in [0.4, 0.5) is 9.18 Å². The summed E-state index contributed by atoms with van der Waals surface area (Å²) < 4.78 is 31.4. The van der Waals surface area contributed by atoms with Crippen molar-refractivity contribution in [3.8, 4) is 17.2 Å². The number of benzene rings is 3. The van der Waals surface area contributed by atoms with E-state index in [1.54, 1.807) is 0 Å². The molecule has 0 aliphatic carbocycles. The van der Waals surface area contributed by atoms with Gasteiger partial charge in [-0.1, -0.05) is 35.9 Å². The molecule has 50 heavy (non-hydrogen) atoms. The van der Waals surface area contributed by atoms with Crippen LogP contribution >= 0.6 is 19.2 Å². The molecule has 1 saturated heterocycles. The number of urea groups is 1. The Balaban J connectivity index is 1.37. The van der Waals surface area contributed by atoms with Gasteiger partial charge >= 0.3 is 38.5 Å². The van der Waals surface area contributed by atoms with Gasteiger partial charge in [-0.3, -0.25) is 23.8 Å². The smallest absolute Gasteiger partial charge is 0.534 e. The number of nitrogens with one attached hydrogen (secondary N) is 2. The maximum absolute atomic E-state index is 14.2. The normalized spacial score (nSPS) is 16.7. The number of phenolic OH excluding ortho intramolecular Hbond substituents is 2. The molecule has 2 heterocycles. The van der Waals surface area contributed by atoms with Gasteiger partial charge in [0.25, 0.3) is 0 Å². The van der Waals surface area contributed by atoms with E-state index in [4.69, 9.17) is 16.3 Å². The van der Waals surface area contributed by atoms with Crippen LogP contribution in [0.15, 0.2) is 48.5 Å². The number of phenols is 2. The standard InChI is InChI=1S/C29H26BClFN4O13P/c31-21-15(5-7-18(37)23(21)38)12-35-8-9-36(27(41)26(35)40)29(44)34-22(13-2-1-3-16(10-13)50(46,47)48)25(39)33-19-11-14-4-6-17(32)20(28(42)43)24(14)49-30(19)45/h1-7,10,19,22,37-38,45H,8-9,11-12H2,(H,33,39)(H,34,44)(H,42,43)(H2,46,47,48). The van der Waals surface area contributed by atoms with Gasteiger partial charge in [-0.15, -0.1) is 0 Å². The summed E-state index contributed by atoms with van der Waals surface area (Å²) in [6, 6.07) is 5.86. The Morgan fingerprint density at radius 1 is 1.08 bits per heavy atom. The Bertz CT molecular complexity index is 1980. The second-order valence-corrected chi connectivity index (χ2v) is 13.1. The average molecular weight is 735 g/mol. The Labute approximate surface area is 286 Å². The second kappa shape index (κ2) is 14.0. The van der Waals surface area contributed by atoms with Crippen molar-refractivity contribution < 1.29 is 67.7 Å². The van der Waals surface area contributed by atoms with E-state index in [-0.39, 0.29) is 47.8 Å². The van der Waals surface area contributed by atoms with Crippen LogP contribution in [0.2, 0.25) is 5.02 Å². The van der Waals surface area contributed by atoms with Crippen LogP contribution in [-0.4, -0.2) is 95.8 Å². The maximum atomic E-state index is 14.2. The maximum Gasteiger partial charge on any atom is 0.547 e. The molecule has 8 N–H and O–H groups in total. The topological polar surface area (TPSA) is 264 Å². The number of rotatable bonds is 8. The summed E-state index contributed by atoms with van der Waals surface area (Å²) in [6.45, 7) is -0.879. The molecule has 5 amide bonds. The number of aromatic carboxylic acids is 1. The van der Waals surface area contributed by atoms with Gasteiger partial charge < -0.3 is 50.3 Å². The highest BCUT2D eigenvalue weighted by Crippen LogP contribution is 2.37. The summed E-state index contributed by atoms with van der Waals surface area (Å²) >= 11 is 6.04. The summed E-state index contributed by atoms with van der Waals surface area (Å²) in [6.07, 6.45) is -0.274. The number of carbonyl (C=O) groups excluding carboxylic acids is 4. The van der Waals surface area contributed by atoms with Gasteiger partial charge in [-0.25, -0.2) is 14.0 Å². The quantitative estimate of drug-likeness (QED) is 0.0664. The van der Waals surface area contributed by atoms with Crippen molar-refractivity contribution in [3.63, 3.8) is 0 Å². The van der Waals surface area contributed by atoms with Crippen LogP contribution in [0.25, 0.3) is 0 Å². The van der Waals surface area contributed by atoms with E-state index >= 15 is 0 Å². The number of carboxylic acid groups (broad SMARTS) is 1. The number of imide groups is 1. The van der Waals surface area contributed by atoms with Crippen molar-refractivity contribution in [2.45, 2.75) is 24.9 Å². The van der Waals surface area contributed by atoms with Crippen molar-refractivity contribution in [1.82, 2.24) is 20.4 Å². The molecule has 5 rings (SSSR count). The third kappa shape index (κ3) is 7.22. The van der Waals surface area contributed by atoms with Gasteiger partial charge in [0.15, 0.2) is 11.5 Å². The fourth-order valence-corrected chi connectivity index (χ4v) is 6.17. The molecule has 3 aromatic rings. The van der Waals surface area contributed by atoms with Crippen LogP contribution in [0.1, 0.15) is 33.1 Å². The molecule has 1 fully saturated rings. The number of amides is 5. The minimum atomic E-state index is -4.87. The number of piperazine rings is 1. The lowest BCUT2D eigenvalue weighted by atomic mass is 9.72. The summed E-state index contributed by atoms with van der Waals surface area (Å²) in [4.78, 5) is 85.7. The first-order valence-corrected chi connectivity index (χ1v) is 16.4. The van der Waals surface area contributed by atoms with Crippen molar-refractivity contribution in [2.24, 2.45) is 0 Å². The minimum Gasteiger partial charge on any atom is -0.534 e. The van der Waals surface area contributed by atoms with Crippen LogP contribution < -0.4 is 20.6 Å². The first-order valence-electron chi connectivity index (χ1n) is 14.4. The van der Waals surface area contributed by atoms with Gasteiger partial charge in [0, 0.05) is 19.6 Å². The van der Waals surface area contributed by atoms with Gasteiger partial charge in [0.05, 0.1) is 16.3 Å². The number of carboxylic acids is 1. The molecule has 0 aromatic heterocycles. The van der Waals surface area contributed by atoms with Gasteiger partial charge in [0.2, 0.25) is 5.91 Å². The lowest BCUT2D eigenvalue weighted by Gasteiger charge is -2.34. The zero-order chi connectivity index (χ0) is 36.7. The van der Waals surface area contributed by atoms with Crippen molar-refractivity contribution in [3.05, 3.63) is 81.6 Å². The highest BCUT2D eigenvalue weighted by Gasteiger charge is 2.42. The molecule has 0 radical (unpaired) electrons. The van der Waals surface area contributed by atoms with Gasteiger partial charge in [-0.05, 0) is 47.4 Å². The predicted molar refractivity (Wildman–Crippen MR) is 169 cm³/mol. The largest absolute Gasteiger partial charge is 0.547 e. The molecule has 2 aliphatic rings. The number of hydrogen-bond acceptors (Lipinski definition) is 10. The molecule has 2 aliphatic heterocycles. The van der Waals surface area contributed by atoms with Crippen LogP contribution in [0, 0.1) is 5.82 Å². The van der Waals surface area contributed by atoms with Crippen LogP contribution in [0.3, 0.4) is 0 Å². The van der Waals surface area contributed by atoms with Crippen LogP contribution in [0.5, 0.6) is 17.2 Å². The van der Waals surface area contributed by atoms with Crippen molar-refractivity contribution >= 4 is 61.3 Å². The van der Waals surface area contributed by atoms with Gasteiger partial charge in [0.1, 0.15) is 23.2 Å². The summed E-state index contributed by atoms with van der Waals surface area (Å²) in [5, 5.41) is 43.4. The SMILES string of the molecule is O=C(O)c1c(F)ccc2c1OB(O)C(NC(=O)C(NC(=O)N1CCN(Cc3ccc(O)c(O)c3Cl)C(=O)C1=O)c1cccc(P(=O)(O)O)c1)C2. The number of fused-ring (bicyclic) bond motifs is 1. The highest BCUT2D eigenvalue weighted by molar-refractivity contribution is 7.60. The Kier molecular flexibility index (Phi) is 10.1. The van der Waals surface area contributed by atoms with E-state index in [0.29, 0.717) is 4.90 Å². The zero-order valence-corrected chi connectivity index (χ0v) is 27.0. The van der Waals surface area contributed by atoms with Crippen LogP contribution in [-0.2, 0) is 31.9 Å². The lowest BCUT2D eigenvalue weighted by molar-refractivity contribution is -0.154. The van der Waals surface area contributed by atoms with E-state index in [9.17, 15) is 63.1 Å². The van der Waals surface area contributed by atoms with E-state index in [0.717, 1.165) is 29.2 Å². The molecule has 17 nitrogen and oxygen atoms in total. The van der Waals surface area contributed by atoms with Crippen molar-refractivity contribution in [2.75, 3.05) is 13.1 Å². The summed E-state index contributed by atoms with van der Waals surface area (Å²) in [5.41, 5.74) is -0.732. The monoisotopic (exact) mass is 734 g/mol. The zero-order valence-electron chi connectivity index (χ0n) is 25.3. The number of hydrogen-bond donors (Lipinski definition) is 8. The number of nitrogens with zero attached hydrogens (tertiary/aromatic N) is 2. The Morgan fingerprint density at radius 3 is 2.48 bits per heavy atom. The molecule has 0 saturated carbocycles.